The van der Waals surface area contributed by atoms with Crippen molar-refractivity contribution in [3.05, 3.63) is 58.6 Å². The maximum atomic E-state index is 12.3. The van der Waals surface area contributed by atoms with Gasteiger partial charge in [0.15, 0.2) is 6.10 Å². The number of hydrogen-bond donors (Lipinski definition) is 1. The van der Waals surface area contributed by atoms with E-state index >= 15 is 0 Å². The zero-order valence-electron chi connectivity index (χ0n) is 15.7. The molecule has 146 valence electrons. The number of esters is 1. The third-order valence-electron chi connectivity index (χ3n) is 4.60. The van der Waals surface area contributed by atoms with E-state index in [4.69, 9.17) is 16.3 Å². The molecule has 0 radical (unpaired) electrons. The second kappa shape index (κ2) is 8.44. The first-order chi connectivity index (χ1) is 13.3. The molecule has 2 aromatic carbocycles. The number of amides is 2. The normalized spacial score (nSPS) is 14.7. The van der Waals surface area contributed by atoms with Crippen molar-refractivity contribution in [2.45, 2.75) is 32.8 Å². The largest absolute Gasteiger partial charge is 0.449 e. The SMILES string of the molecule is Cc1ccc(Cl)cc1NC(=O)C(C)OC(=O)c1ccc(N2CCCC2=O)cc1. The van der Waals surface area contributed by atoms with Gasteiger partial charge in [0.2, 0.25) is 5.91 Å². The van der Waals surface area contributed by atoms with E-state index in [9.17, 15) is 14.4 Å². The van der Waals surface area contributed by atoms with Gasteiger partial charge in [-0.3, -0.25) is 9.59 Å². The quantitative estimate of drug-likeness (QED) is 0.771. The summed E-state index contributed by atoms with van der Waals surface area (Å²) in [5.41, 5.74) is 2.48. The smallest absolute Gasteiger partial charge is 0.338 e. The third kappa shape index (κ3) is 4.51. The van der Waals surface area contributed by atoms with Gasteiger partial charge < -0.3 is 15.0 Å². The maximum absolute atomic E-state index is 12.3. The van der Waals surface area contributed by atoms with Crippen LogP contribution in [0.25, 0.3) is 0 Å². The van der Waals surface area contributed by atoms with E-state index < -0.39 is 18.0 Å². The van der Waals surface area contributed by atoms with Gasteiger partial charge >= 0.3 is 5.97 Å². The Morgan fingerprint density at radius 3 is 2.54 bits per heavy atom. The first-order valence-electron chi connectivity index (χ1n) is 9.03. The summed E-state index contributed by atoms with van der Waals surface area (Å²) in [5.74, 6) is -0.973. The lowest BCUT2D eigenvalue weighted by Gasteiger charge is -2.17. The molecule has 2 aromatic rings. The summed E-state index contributed by atoms with van der Waals surface area (Å²) in [5, 5.41) is 3.22. The molecule has 3 rings (SSSR count). The topological polar surface area (TPSA) is 75.7 Å². The van der Waals surface area contributed by atoms with E-state index in [-0.39, 0.29) is 5.91 Å². The minimum absolute atomic E-state index is 0.0805. The first kappa shape index (κ1) is 19.9. The zero-order chi connectivity index (χ0) is 20.3. The highest BCUT2D eigenvalue weighted by Crippen LogP contribution is 2.23. The second-order valence-electron chi connectivity index (χ2n) is 6.69. The summed E-state index contributed by atoms with van der Waals surface area (Å²) in [6.45, 7) is 4.03. The van der Waals surface area contributed by atoms with Crippen molar-refractivity contribution in [2.24, 2.45) is 0 Å². The predicted molar refractivity (Wildman–Crippen MR) is 108 cm³/mol. The van der Waals surface area contributed by atoms with Gasteiger partial charge in [-0.15, -0.1) is 0 Å². The van der Waals surface area contributed by atoms with Crippen LogP contribution in [0, 0.1) is 6.92 Å². The molecule has 2 amide bonds. The van der Waals surface area contributed by atoms with E-state index in [1.165, 1.54) is 6.92 Å². The van der Waals surface area contributed by atoms with Crippen molar-refractivity contribution in [1.29, 1.82) is 0 Å². The highest BCUT2D eigenvalue weighted by atomic mass is 35.5. The molecule has 1 aliphatic heterocycles. The molecular weight excluding hydrogens is 380 g/mol. The van der Waals surface area contributed by atoms with Crippen LogP contribution < -0.4 is 10.2 Å². The van der Waals surface area contributed by atoms with Gasteiger partial charge in [-0.25, -0.2) is 4.79 Å². The molecule has 28 heavy (non-hydrogen) atoms. The van der Waals surface area contributed by atoms with Gasteiger partial charge in [0.1, 0.15) is 0 Å². The minimum Gasteiger partial charge on any atom is -0.449 e. The number of halogens is 1. The summed E-state index contributed by atoms with van der Waals surface area (Å²) in [4.78, 5) is 38.1. The number of hydrogen-bond acceptors (Lipinski definition) is 4. The molecule has 7 heteroatoms. The fraction of sp³-hybridized carbons (Fsp3) is 0.286. The molecule has 1 N–H and O–H groups in total. The molecule has 1 unspecified atom stereocenters. The molecule has 0 bridgehead atoms. The van der Waals surface area contributed by atoms with Crippen molar-refractivity contribution in [3.8, 4) is 0 Å². The van der Waals surface area contributed by atoms with Gasteiger partial charge in [-0.05, 0) is 62.2 Å². The Bertz CT molecular complexity index is 911. The number of carbonyl (C=O) groups excluding carboxylic acids is 3. The standard InChI is InChI=1S/C21H21ClN2O4/c1-13-5-8-16(22)12-18(13)23-20(26)14(2)28-21(27)15-6-9-17(10-7-15)24-11-3-4-19(24)25/h5-10,12,14H,3-4,11H2,1-2H3,(H,23,26). The Labute approximate surface area is 168 Å². The van der Waals surface area contributed by atoms with Gasteiger partial charge in [0.05, 0.1) is 5.56 Å². The summed E-state index contributed by atoms with van der Waals surface area (Å²) in [6.07, 6.45) is 0.398. The number of nitrogens with one attached hydrogen (secondary N) is 1. The number of carbonyl (C=O) groups is 3. The maximum Gasteiger partial charge on any atom is 0.338 e. The van der Waals surface area contributed by atoms with Crippen LogP contribution in [0.1, 0.15) is 35.7 Å². The lowest BCUT2D eigenvalue weighted by Crippen LogP contribution is -2.30. The van der Waals surface area contributed by atoms with Crippen LogP contribution in [-0.4, -0.2) is 30.4 Å². The van der Waals surface area contributed by atoms with Gasteiger partial charge in [-0.1, -0.05) is 17.7 Å². The van der Waals surface area contributed by atoms with E-state index in [0.717, 1.165) is 17.7 Å². The molecule has 1 heterocycles. The van der Waals surface area contributed by atoms with E-state index in [0.29, 0.717) is 29.2 Å². The van der Waals surface area contributed by atoms with Gasteiger partial charge in [0.25, 0.3) is 5.91 Å². The summed E-state index contributed by atoms with van der Waals surface area (Å²) < 4.78 is 5.26. The van der Waals surface area contributed by atoms with Crippen molar-refractivity contribution in [2.75, 3.05) is 16.8 Å². The first-order valence-corrected chi connectivity index (χ1v) is 9.41. The second-order valence-corrected chi connectivity index (χ2v) is 7.13. The number of anilines is 2. The monoisotopic (exact) mass is 400 g/mol. The van der Waals surface area contributed by atoms with Crippen LogP contribution in [0.5, 0.6) is 0 Å². The molecule has 1 saturated heterocycles. The molecule has 1 aliphatic rings. The Hall–Kier alpha value is -2.86. The van der Waals surface area contributed by atoms with Crippen LogP contribution in [-0.2, 0) is 14.3 Å². The Kier molecular flexibility index (Phi) is 5.99. The molecule has 1 fully saturated rings. The van der Waals surface area contributed by atoms with Crippen LogP contribution >= 0.6 is 11.6 Å². The Morgan fingerprint density at radius 2 is 1.89 bits per heavy atom. The number of aryl methyl sites for hydroxylation is 1. The third-order valence-corrected chi connectivity index (χ3v) is 4.83. The van der Waals surface area contributed by atoms with Gasteiger partial charge in [0, 0.05) is 29.4 Å². The fourth-order valence-electron chi connectivity index (χ4n) is 2.94. The van der Waals surface area contributed by atoms with E-state index in [2.05, 4.69) is 5.32 Å². The fourth-order valence-corrected chi connectivity index (χ4v) is 3.12. The zero-order valence-corrected chi connectivity index (χ0v) is 16.5. The number of ether oxygens (including phenoxy) is 1. The summed E-state index contributed by atoms with van der Waals surface area (Å²) in [7, 11) is 0. The molecule has 0 spiro atoms. The number of nitrogens with zero attached hydrogens (tertiary/aromatic N) is 1. The lowest BCUT2D eigenvalue weighted by atomic mass is 10.2. The average molecular weight is 401 g/mol. The van der Waals surface area contributed by atoms with Crippen molar-refractivity contribution >= 4 is 40.8 Å². The molecule has 1 atom stereocenters. The molecule has 0 aliphatic carbocycles. The summed E-state index contributed by atoms with van der Waals surface area (Å²) in [6, 6.07) is 11.8. The molecular formula is C21H21ClN2O4. The lowest BCUT2D eigenvalue weighted by molar-refractivity contribution is -0.123. The average Bonchev–Trinajstić information content (AvgIpc) is 3.10. The summed E-state index contributed by atoms with van der Waals surface area (Å²) >= 11 is 5.95. The van der Waals surface area contributed by atoms with Gasteiger partial charge in [-0.2, -0.15) is 0 Å². The molecule has 0 aromatic heterocycles. The van der Waals surface area contributed by atoms with Crippen molar-refractivity contribution in [1.82, 2.24) is 0 Å². The Balaban J connectivity index is 1.61. The van der Waals surface area contributed by atoms with E-state index in [1.54, 1.807) is 47.4 Å². The number of rotatable bonds is 5. The molecule has 6 nitrogen and oxygen atoms in total. The van der Waals surface area contributed by atoms with Crippen LogP contribution in [0.2, 0.25) is 5.02 Å². The number of benzene rings is 2. The predicted octanol–water partition coefficient (Wildman–Crippen LogP) is 3.96. The minimum atomic E-state index is -0.981. The highest BCUT2D eigenvalue weighted by Gasteiger charge is 2.23. The molecule has 0 saturated carbocycles. The van der Waals surface area contributed by atoms with Crippen LogP contribution in [0.15, 0.2) is 42.5 Å². The Morgan fingerprint density at radius 1 is 1.18 bits per heavy atom. The van der Waals surface area contributed by atoms with Crippen molar-refractivity contribution < 1.29 is 19.1 Å². The van der Waals surface area contributed by atoms with Crippen molar-refractivity contribution in [3.63, 3.8) is 0 Å². The van der Waals surface area contributed by atoms with Crippen LogP contribution in [0.4, 0.5) is 11.4 Å². The highest BCUT2D eigenvalue weighted by molar-refractivity contribution is 6.31. The van der Waals surface area contributed by atoms with Crippen LogP contribution in [0.3, 0.4) is 0 Å². The van der Waals surface area contributed by atoms with E-state index in [1.807, 2.05) is 6.92 Å².